The van der Waals surface area contributed by atoms with Crippen molar-refractivity contribution in [3.63, 3.8) is 0 Å². The zero-order valence-corrected chi connectivity index (χ0v) is 8.07. The van der Waals surface area contributed by atoms with E-state index in [4.69, 9.17) is 10.8 Å². The Morgan fingerprint density at radius 2 is 2.38 bits per heavy atom. The van der Waals surface area contributed by atoms with Crippen molar-refractivity contribution in [3.05, 3.63) is 0 Å². The molecule has 1 saturated heterocycles. The number of hydrogen-bond acceptors (Lipinski definition) is 3. The third kappa shape index (κ3) is 2.19. The smallest absolute Gasteiger partial charge is 0.224 e. The van der Waals surface area contributed by atoms with E-state index in [1.807, 2.05) is 0 Å². The minimum Gasteiger partial charge on any atom is -0.394 e. The van der Waals surface area contributed by atoms with Crippen LogP contribution in [0.1, 0.15) is 19.8 Å². The predicted molar refractivity (Wildman–Crippen MR) is 50.0 cm³/mol. The molecule has 0 aliphatic carbocycles. The summed E-state index contributed by atoms with van der Waals surface area (Å²) in [6.45, 7) is 3.29. The molecule has 13 heavy (non-hydrogen) atoms. The molecular weight excluding hydrogens is 168 g/mol. The zero-order valence-electron chi connectivity index (χ0n) is 8.07. The molecule has 4 heteroatoms. The largest absolute Gasteiger partial charge is 0.394 e. The fraction of sp³-hybridized carbons (Fsp3) is 0.889. The second-order valence-corrected chi connectivity index (χ2v) is 3.64. The van der Waals surface area contributed by atoms with Crippen LogP contribution in [-0.4, -0.2) is 41.7 Å². The van der Waals surface area contributed by atoms with Crippen molar-refractivity contribution in [2.75, 3.05) is 19.7 Å². The lowest BCUT2D eigenvalue weighted by Gasteiger charge is -2.24. The summed E-state index contributed by atoms with van der Waals surface area (Å²) in [6.07, 6.45) is 1.38. The minimum atomic E-state index is 0.0130. The van der Waals surface area contributed by atoms with Gasteiger partial charge in [0.2, 0.25) is 5.91 Å². The van der Waals surface area contributed by atoms with E-state index in [2.05, 4.69) is 6.92 Å². The number of carbonyl (C=O) groups excluding carboxylic acids is 1. The number of aliphatic hydroxyl groups is 1. The highest BCUT2D eigenvalue weighted by Gasteiger charge is 2.32. The SMILES string of the molecule is CC1CCN(C(=O)CCN)C1CO. The van der Waals surface area contributed by atoms with Crippen molar-refractivity contribution in [1.82, 2.24) is 4.90 Å². The van der Waals surface area contributed by atoms with Gasteiger partial charge in [-0.1, -0.05) is 6.92 Å². The van der Waals surface area contributed by atoms with Crippen LogP contribution in [-0.2, 0) is 4.79 Å². The molecule has 0 bridgehead atoms. The lowest BCUT2D eigenvalue weighted by Crippen LogP contribution is -2.40. The molecule has 1 aliphatic heterocycles. The van der Waals surface area contributed by atoms with Crippen LogP contribution in [0.15, 0.2) is 0 Å². The van der Waals surface area contributed by atoms with Gasteiger partial charge in [0.1, 0.15) is 0 Å². The first kappa shape index (κ1) is 10.5. The van der Waals surface area contributed by atoms with Crippen LogP contribution in [0.2, 0.25) is 0 Å². The molecule has 4 nitrogen and oxygen atoms in total. The number of aliphatic hydroxyl groups excluding tert-OH is 1. The lowest BCUT2D eigenvalue weighted by atomic mass is 10.0. The number of rotatable bonds is 3. The summed E-state index contributed by atoms with van der Waals surface area (Å²) in [5, 5.41) is 9.10. The molecule has 0 aromatic heterocycles. The van der Waals surface area contributed by atoms with Gasteiger partial charge in [-0.2, -0.15) is 0 Å². The molecule has 2 atom stereocenters. The Hall–Kier alpha value is -0.610. The van der Waals surface area contributed by atoms with E-state index in [1.165, 1.54) is 0 Å². The van der Waals surface area contributed by atoms with Gasteiger partial charge in [0.25, 0.3) is 0 Å². The Balaban J connectivity index is 2.54. The third-order valence-electron chi connectivity index (χ3n) is 2.75. The van der Waals surface area contributed by atoms with Crippen molar-refractivity contribution in [3.8, 4) is 0 Å². The summed E-state index contributed by atoms with van der Waals surface area (Å²) in [4.78, 5) is 13.3. The van der Waals surface area contributed by atoms with Gasteiger partial charge in [-0.25, -0.2) is 0 Å². The van der Waals surface area contributed by atoms with Crippen LogP contribution in [0, 0.1) is 5.92 Å². The van der Waals surface area contributed by atoms with E-state index in [-0.39, 0.29) is 18.6 Å². The van der Waals surface area contributed by atoms with Gasteiger partial charge in [0.15, 0.2) is 0 Å². The molecule has 2 unspecified atom stereocenters. The average Bonchev–Trinajstić information content (AvgIpc) is 2.47. The van der Waals surface area contributed by atoms with Crippen LogP contribution >= 0.6 is 0 Å². The van der Waals surface area contributed by atoms with Crippen molar-refractivity contribution >= 4 is 5.91 Å². The van der Waals surface area contributed by atoms with Crippen molar-refractivity contribution in [2.24, 2.45) is 11.7 Å². The van der Waals surface area contributed by atoms with E-state index in [0.29, 0.717) is 18.9 Å². The molecule has 76 valence electrons. The lowest BCUT2D eigenvalue weighted by molar-refractivity contribution is -0.132. The van der Waals surface area contributed by atoms with E-state index in [0.717, 1.165) is 13.0 Å². The summed E-state index contributed by atoms with van der Waals surface area (Å²) >= 11 is 0. The molecule has 3 N–H and O–H groups in total. The van der Waals surface area contributed by atoms with Crippen LogP contribution in [0.4, 0.5) is 0 Å². The van der Waals surface area contributed by atoms with Gasteiger partial charge in [0, 0.05) is 19.5 Å². The maximum Gasteiger partial charge on any atom is 0.224 e. The van der Waals surface area contributed by atoms with Crippen LogP contribution in [0.3, 0.4) is 0 Å². The highest BCUT2D eigenvalue weighted by Crippen LogP contribution is 2.23. The Morgan fingerprint density at radius 1 is 1.69 bits per heavy atom. The second-order valence-electron chi connectivity index (χ2n) is 3.64. The van der Waals surface area contributed by atoms with Crippen LogP contribution in [0.5, 0.6) is 0 Å². The number of carbonyl (C=O) groups is 1. The zero-order chi connectivity index (χ0) is 9.84. The van der Waals surface area contributed by atoms with Gasteiger partial charge in [-0.3, -0.25) is 4.79 Å². The highest BCUT2D eigenvalue weighted by atomic mass is 16.3. The molecule has 0 aromatic rings. The fourth-order valence-corrected chi connectivity index (χ4v) is 1.86. The van der Waals surface area contributed by atoms with Gasteiger partial charge in [0.05, 0.1) is 12.6 Å². The monoisotopic (exact) mass is 186 g/mol. The Kier molecular flexibility index (Phi) is 3.69. The topological polar surface area (TPSA) is 66.6 Å². The highest BCUT2D eigenvalue weighted by molar-refractivity contribution is 5.77. The number of likely N-dealkylation sites (tertiary alicyclic amines) is 1. The number of nitrogens with zero attached hydrogens (tertiary/aromatic N) is 1. The van der Waals surface area contributed by atoms with Gasteiger partial charge < -0.3 is 15.7 Å². The normalized spacial score (nSPS) is 28.1. The Morgan fingerprint density at radius 3 is 2.92 bits per heavy atom. The number of hydrogen-bond donors (Lipinski definition) is 2. The summed E-state index contributed by atoms with van der Waals surface area (Å²) < 4.78 is 0. The van der Waals surface area contributed by atoms with Crippen molar-refractivity contribution in [1.29, 1.82) is 0 Å². The maximum atomic E-state index is 11.5. The van der Waals surface area contributed by atoms with E-state index in [1.54, 1.807) is 4.90 Å². The van der Waals surface area contributed by atoms with E-state index >= 15 is 0 Å². The third-order valence-corrected chi connectivity index (χ3v) is 2.75. The summed E-state index contributed by atoms with van der Waals surface area (Å²) in [5.41, 5.74) is 5.31. The van der Waals surface area contributed by atoms with Crippen LogP contribution in [0.25, 0.3) is 0 Å². The molecule has 1 heterocycles. The molecule has 1 aliphatic rings. The molecule has 1 rings (SSSR count). The maximum absolute atomic E-state index is 11.5. The second kappa shape index (κ2) is 4.58. The minimum absolute atomic E-state index is 0.0130. The van der Waals surface area contributed by atoms with Gasteiger partial charge >= 0.3 is 0 Å². The molecule has 0 radical (unpaired) electrons. The van der Waals surface area contributed by atoms with Gasteiger partial charge in [-0.05, 0) is 12.3 Å². The number of amides is 1. The molecule has 0 saturated carbocycles. The van der Waals surface area contributed by atoms with E-state index in [9.17, 15) is 4.79 Å². The summed E-state index contributed by atoms with van der Waals surface area (Å²) in [7, 11) is 0. The molecule has 1 fully saturated rings. The first-order valence-electron chi connectivity index (χ1n) is 4.81. The van der Waals surface area contributed by atoms with E-state index < -0.39 is 0 Å². The Labute approximate surface area is 78.7 Å². The summed E-state index contributed by atoms with van der Waals surface area (Å²) in [6, 6.07) is 0.0130. The van der Waals surface area contributed by atoms with Crippen molar-refractivity contribution in [2.45, 2.75) is 25.8 Å². The first-order chi connectivity index (χ1) is 6.20. The summed E-state index contributed by atoms with van der Waals surface area (Å²) in [5.74, 6) is 0.484. The Bertz CT molecular complexity index is 184. The molecular formula is C9H18N2O2. The molecule has 0 aromatic carbocycles. The van der Waals surface area contributed by atoms with Crippen LogP contribution < -0.4 is 5.73 Å². The average molecular weight is 186 g/mol. The molecule has 0 spiro atoms. The number of nitrogens with two attached hydrogens (primary N) is 1. The van der Waals surface area contributed by atoms with Crippen molar-refractivity contribution < 1.29 is 9.90 Å². The molecule has 1 amide bonds. The predicted octanol–water partition coefficient (Wildman–Crippen LogP) is -0.435. The standard InChI is InChI=1S/C9H18N2O2/c1-7-3-5-11(8(7)6-12)9(13)2-4-10/h7-8,12H,2-6,10H2,1H3. The van der Waals surface area contributed by atoms with Gasteiger partial charge in [-0.15, -0.1) is 0 Å². The fourth-order valence-electron chi connectivity index (χ4n) is 1.86. The first-order valence-corrected chi connectivity index (χ1v) is 4.81. The quantitative estimate of drug-likeness (QED) is 0.628.